The summed E-state index contributed by atoms with van der Waals surface area (Å²) in [6.45, 7) is 4.34. The number of hydrogen-bond donors (Lipinski definition) is 0. The van der Waals surface area contributed by atoms with Crippen LogP contribution < -0.4 is 0 Å². The van der Waals surface area contributed by atoms with Crippen molar-refractivity contribution < 1.29 is 8.42 Å². The van der Waals surface area contributed by atoms with E-state index in [9.17, 15) is 13.7 Å². The van der Waals surface area contributed by atoms with E-state index in [-0.39, 0.29) is 11.3 Å². The van der Waals surface area contributed by atoms with Gasteiger partial charge in [-0.15, -0.1) is 0 Å². The average molecular weight is 299 g/mol. The molecule has 0 spiro atoms. The number of piperazine rings is 1. The summed E-state index contributed by atoms with van der Waals surface area (Å²) in [5, 5.41) is 9.58. The molecule has 1 saturated heterocycles. The molecule has 0 amide bonds. The predicted octanol–water partition coefficient (Wildman–Crippen LogP) is 1.57. The van der Waals surface area contributed by atoms with Crippen LogP contribution in [-0.2, 0) is 10.0 Å². The van der Waals surface area contributed by atoms with Crippen molar-refractivity contribution in [2.24, 2.45) is 0 Å². The van der Waals surface area contributed by atoms with E-state index in [4.69, 9.17) is 0 Å². The molecule has 0 aromatic heterocycles. The van der Waals surface area contributed by atoms with Gasteiger partial charge in [0.15, 0.2) is 0 Å². The fourth-order valence-electron chi connectivity index (χ4n) is 3.42. The van der Waals surface area contributed by atoms with Crippen molar-refractivity contribution in [3.8, 4) is 6.07 Å². The molecule has 20 heavy (non-hydrogen) atoms. The Labute approximate surface area is 122 Å². The van der Waals surface area contributed by atoms with E-state index in [0.29, 0.717) is 32.6 Å². The zero-order chi connectivity index (χ0) is 14.6. The van der Waals surface area contributed by atoms with Gasteiger partial charge in [-0.05, 0) is 19.3 Å². The molecule has 0 atom stereocenters. The van der Waals surface area contributed by atoms with Crippen molar-refractivity contribution in [1.82, 2.24) is 9.21 Å². The van der Waals surface area contributed by atoms with Crippen LogP contribution in [0.25, 0.3) is 0 Å². The molecule has 0 aromatic rings. The van der Waals surface area contributed by atoms with Gasteiger partial charge in [-0.1, -0.05) is 26.2 Å². The van der Waals surface area contributed by atoms with E-state index in [2.05, 4.69) is 11.0 Å². The van der Waals surface area contributed by atoms with Gasteiger partial charge in [-0.25, -0.2) is 8.42 Å². The Morgan fingerprint density at radius 3 is 2.20 bits per heavy atom. The number of nitriles is 1. The van der Waals surface area contributed by atoms with Crippen LogP contribution in [0.4, 0.5) is 0 Å². The topological polar surface area (TPSA) is 64.4 Å². The van der Waals surface area contributed by atoms with Crippen LogP contribution >= 0.6 is 0 Å². The van der Waals surface area contributed by atoms with Gasteiger partial charge in [0.2, 0.25) is 10.0 Å². The lowest BCUT2D eigenvalue weighted by molar-refractivity contribution is 0.0643. The fourth-order valence-corrected chi connectivity index (χ4v) is 4.91. The smallest absolute Gasteiger partial charge is 0.214 e. The molecule has 5 nitrogen and oxygen atoms in total. The highest BCUT2D eigenvalue weighted by molar-refractivity contribution is 7.89. The first-order chi connectivity index (χ1) is 9.54. The largest absolute Gasteiger partial charge is 0.283 e. The zero-order valence-corrected chi connectivity index (χ0v) is 13.2. The number of hydrogen-bond acceptors (Lipinski definition) is 4. The molecule has 2 aliphatic rings. The summed E-state index contributed by atoms with van der Waals surface area (Å²) in [7, 11) is -3.09. The van der Waals surface area contributed by atoms with Crippen LogP contribution in [0.5, 0.6) is 0 Å². The third kappa shape index (κ3) is 3.16. The molecule has 1 aliphatic heterocycles. The highest BCUT2D eigenvalue weighted by atomic mass is 32.2. The standard InChI is InChI=1S/C14H25N3O2S/c1-2-12-20(18,19)17-10-8-16(9-11-17)14(13-15)6-4-3-5-7-14/h2-12H2,1H3. The van der Waals surface area contributed by atoms with Crippen molar-refractivity contribution in [2.45, 2.75) is 51.0 Å². The minimum absolute atomic E-state index is 0.233. The molecule has 0 radical (unpaired) electrons. The lowest BCUT2D eigenvalue weighted by atomic mass is 9.81. The lowest BCUT2D eigenvalue weighted by Gasteiger charge is -2.45. The van der Waals surface area contributed by atoms with E-state index in [1.807, 2.05) is 6.92 Å². The monoisotopic (exact) mass is 299 g/mol. The molecule has 2 fully saturated rings. The summed E-state index contributed by atoms with van der Waals surface area (Å²) in [4.78, 5) is 2.23. The van der Waals surface area contributed by atoms with E-state index in [0.717, 1.165) is 25.7 Å². The first-order valence-corrected chi connectivity index (χ1v) is 9.29. The van der Waals surface area contributed by atoms with E-state index < -0.39 is 10.0 Å². The maximum atomic E-state index is 12.1. The Balaban J connectivity index is 1.99. The van der Waals surface area contributed by atoms with Gasteiger partial charge in [-0.2, -0.15) is 9.57 Å². The first-order valence-electron chi connectivity index (χ1n) is 7.68. The molecule has 0 bridgehead atoms. The predicted molar refractivity (Wildman–Crippen MR) is 78.7 cm³/mol. The van der Waals surface area contributed by atoms with Crippen LogP contribution in [0.2, 0.25) is 0 Å². The Morgan fingerprint density at radius 1 is 1.10 bits per heavy atom. The molecule has 114 valence electrons. The van der Waals surface area contributed by atoms with Gasteiger partial charge in [-0.3, -0.25) is 4.90 Å². The Hall–Kier alpha value is -0.640. The number of rotatable bonds is 4. The second-order valence-corrected chi connectivity index (χ2v) is 7.99. The zero-order valence-electron chi connectivity index (χ0n) is 12.3. The molecule has 1 heterocycles. The normalized spacial score (nSPS) is 25.2. The SMILES string of the molecule is CCCS(=O)(=O)N1CCN(C2(C#N)CCCCC2)CC1. The highest BCUT2D eigenvalue weighted by Crippen LogP contribution is 2.34. The molecule has 1 saturated carbocycles. The van der Waals surface area contributed by atoms with Gasteiger partial charge in [0, 0.05) is 26.2 Å². The highest BCUT2D eigenvalue weighted by Gasteiger charge is 2.40. The first kappa shape index (κ1) is 15.7. The van der Waals surface area contributed by atoms with E-state index in [1.165, 1.54) is 6.42 Å². The maximum absolute atomic E-state index is 12.1. The van der Waals surface area contributed by atoms with Crippen molar-refractivity contribution in [2.75, 3.05) is 31.9 Å². The van der Waals surface area contributed by atoms with Crippen LogP contribution in [-0.4, -0.2) is 55.1 Å². The van der Waals surface area contributed by atoms with Crippen molar-refractivity contribution >= 4 is 10.0 Å². The van der Waals surface area contributed by atoms with Gasteiger partial charge in [0.25, 0.3) is 0 Å². The van der Waals surface area contributed by atoms with E-state index in [1.54, 1.807) is 4.31 Å². The fraction of sp³-hybridized carbons (Fsp3) is 0.929. The Kier molecular flexibility index (Phi) is 5.05. The summed E-state index contributed by atoms with van der Waals surface area (Å²) in [6, 6.07) is 2.52. The average Bonchev–Trinajstić information content (AvgIpc) is 2.48. The van der Waals surface area contributed by atoms with Gasteiger partial charge in [0.05, 0.1) is 11.8 Å². The molecular formula is C14H25N3O2S. The molecule has 6 heteroatoms. The maximum Gasteiger partial charge on any atom is 0.214 e. The summed E-state index contributed by atoms with van der Waals surface area (Å²) in [5.41, 5.74) is -0.334. The van der Waals surface area contributed by atoms with Crippen LogP contribution in [0, 0.1) is 11.3 Å². The van der Waals surface area contributed by atoms with Crippen LogP contribution in [0.15, 0.2) is 0 Å². The number of sulfonamides is 1. The summed E-state index contributed by atoms with van der Waals surface area (Å²) in [5.74, 6) is 0.233. The summed E-state index contributed by atoms with van der Waals surface area (Å²) < 4.78 is 25.7. The molecule has 1 aliphatic carbocycles. The van der Waals surface area contributed by atoms with Crippen molar-refractivity contribution in [1.29, 1.82) is 5.26 Å². The molecule has 0 aromatic carbocycles. The molecule has 2 rings (SSSR count). The second kappa shape index (κ2) is 6.42. The van der Waals surface area contributed by atoms with Gasteiger partial charge >= 0.3 is 0 Å². The Bertz CT molecular complexity index is 455. The van der Waals surface area contributed by atoms with Crippen LogP contribution in [0.1, 0.15) is 45.4 Å². The second-order valence-electron chi connectivity index (χ2n) is 5.91. The van der Waals surface area contributed by atoms with E-state index >= 15 is 0 Å². The third-order valence-corrected chi connectivity index (χ3v) is 6.66. The van der Waals surface area contributed by atoms with Gasteiger partial charge < -0.3 is 0 Å². The quantitative estimate of drug-likeness (QED) is 0.790. The van der Waals surface area contributed by atoms with Crippen molar-refractivity contribution in [3.63, 3.8) is 0 Å². The van der Waals surface area contributed by atoms with Crippen molar-refractivity contribution in [3.05, 3.63) is 0 Å². The molecule has 0 N–H and O–H groups in total. The van der Waals surface area contributed by atoms with Gasteiger partial charge in [0.1, 0.15) is 5.54 Å². The molecular weight excluding hydrogens is 274 g/mol. The van der Waals surface area contributed by atoms with Crippen LogP contribution in [0.3, 0.4) is 0 Å². The Morgan fingerprint density at radius 2 is 1.70 bits per heavy atom. The third-order valence-electron chi connectivity index (χ3n) is 4.59. The lowest BCUT2D eigenvalue weighted by Crippen LogP contribution is -2.58. The summed E-state index contributed by atoms with van der Waals surface area (Å²) in [6.07, 6.45) is 5.97. The summed E-state index contributed by atoms with van der Waals surface area (Å²) >= 11 is 0. The minimum atomic E-state index is -3.09. The molecule has 0 unspecified atom stereocenters. The minimum Gasteiger partial charge on any atom is -0.283 e. The number of nitrogens with zero attached hydrogens (tertiary/aromatic N) is 3.